The number of carbonyl (C=O) groups is 1. The van der Waals surface area contributed by atoms with Gasteiger partial charge in [-0.25, -0.2) is 0 Å². The number of aromatic nitrogens is 2. The minimum absolute atomic E-state index is 0.0436. The third-order valence-corrected chi connectivity index (χ3v) is 3.41. The van der Waals surface area contributed by atoms with Crippen molar-refractivity contribution in [2.45, 2.75) is 18.5 Å². The predicted octanol–water partition coefficient (Wildman–Crippen LogP) is 1.04. The average molecular weight is 294 g/mol. The second-order valence-electron chi connectivity index (χ2n) is 4.01. The number of hydrogen-bond donors (Lipinski definition) is 3. The second kappa shape index (κ2) is 5.83. The van der Waals surface area contributed by atoms with Gasteiger partial charge in [-0.3, -0.25) is 9.89 Å². The van der Waals surface area contributed by atoms with Crippen molar-refractivity contribution in [2.24, 2.45) is 0 Å². The van der Waals surface area contributed by atoms with Gasteiger partial charge in [-0.1, -0.05) is 0 Å². The molecule has 0 saturated heterocycles. The number of fused-ring (bicyclic) bond motifs is 1. The average Bonchev–Trinajstić information content (AvgIpc) is 2.77. The summed E-state index contributed by atoms with van der Waals surface area (Å²) in [5, 5.41) is 12.3. The van der Waals surface area contributed by atoms with E-state index in [0.717, 1.165) is 24.2 Å². The molecule has 1 aromatic rings. The van der Waals surface area contributed by atoms with Gasteiger partial charge in [0.05, 0.1) is 0 Å². The molecule has 0 spiro atoms. The van der Waals surface area contributed by atoms with Crippen LogP contribution in [0.2, 0.25) is 0 Å². The van der Waals surface area contributed by atoms with Gasteiger partial charge in [-0.05, 0) is 11.8 Å². The van der Waals surface area contributed by atoms with E-state index in [1.807, 2.05) is 0 Å². The number of hydrogen-bond acceptors (Lipinski definition) is 4. The number of rotatable bonds is 4. The molecule has 0 fully saturated rings. The van der Waals surface area contributed by atoms with E-state index < -0.39 is 11.4 Å². The number of nitrogens with one attached hydrogen (secondary N) is 3. The molecule has 106 valence electrons. The molecule has 1 amide bonds. The molecule has 0 atom stereocenters. The summed E-state index contributed by atoms with van der Waals surface area (Å²) in [5.74, 6) is -0.649. The Morgan fingerprint density at radius 2 is 2.26 bits per heavy atom. The lowest BCUT2D eigenvalue weighted by Crippen LogP contribution is -2.30. The van der Waals surface area contributed by atoms with Gasteiger partial charge in [-0.2, -0.15) is 18.3 Å². The number of H-pyrrole nitrogens is 1. The first kappa shape index (κ1) is 14.2. The van der Waals surface area contributed by atoms with Crippen LogP contribution < -0.4 is 10.6 Å². The SMILES string of the molecule is O=C(NCCSC(F)(F)F)c1n[nH]c2c1CNCC2. The van der Waals surface area contributed by atoms with Crippen molar-refractivity contribution in [1.29, 1.82) is 0 Å². The van der Waals surface area contributed by atoms with Gasteiger partial charge in [0.1, 0.15) is 0 Å². The highest BCUT2D eigenvalue weighted by molar-refractivity contribution is 8.00. The van der Waals surface area contributed by atoms with E-state index in [1.54, 1.807) is 0 Å². The van der Waals surface area contributed by atoms with E-state index in [-0.39, 0.29) is 29.8 Å². The van der Waals surface area contributed by atoms with E-state index in [9.17, 15) is 18.0 Å². The maximum Gasteiger partial charge on any atom is 0.441 e. The van der Waals surface area contributed by atoms with Crippen LogP contribution in [0.4, 0.5) is 13.2 Å². The summed E-state index contributed by atoms with van der Waals surface area (Å²) in [4.78, 5) is 11.8. The first-order valence-electron chi connectivity index (χ1n) is 5.73. The highest BCUT2D eigenvalue weighted by Gasteiger charge is 2.27. The third kappa shape index (κ3) is 3.87. The van der Waals surface area contributed by atoms with Gasteiger partial charge in [-0.15, -0.1) is 0 Å². The fraction of sp³-hybridized carbons (Fsp3) is 0.600. The predicted molar refractivity (Wildman–Crippen MR) is 64.8 cm³/mol. The van der Waals surface area contributed by atoms with Gasteiger partial charge in [0, 0.05) is 43.1 Å². The van der Waals surface area contributed by atoms with Gasteiger partial charge in [0.25, 0.3) is 5.91 Å². The summed E-state index contributed by atoms with van der Waals surface area (Å²) in [6.45, 7) is 1.32. The van der Waals surface area contributed by atoms with Crippen LogP contribution in [0, 0.1) is 0 Å². The van der Waals surface area contributed by atoms with Crippen LogP contribution >= 0.6 is 11.8 Å². The zero-order valence-electron chi connectivity index (χ0n) is 9.93. The maximum absolute atomic E-state index is 11.9. The van der Waals surface area contributed by atoms with Crippen molar-refractivity contribution < 1.29 is 18.0 Å². The molecule has 1 aromatic heterocycles. The van der Waals surface area contributed by atoms with E-state index in [2.05, 4.69) is 20.8 Å². The van der Waals surface area contributed by atoms with Gasteiger partial charge >= 0.3 is 5.51 Å². The number of aromatic amines is 1. The minimum atomic E-state index is -4.26. The Balaban J connectivity index is 1.85. The van der Waals surface area contributed by atoms with Crippen molar-refractivity contribution in [3.8, 4) is 0 Å². The van der Waals surface area contributed by atoms with Crippen molar-refractivity contribution in [3.05, 3.63) is 17.0 Å². The van der Waals surface area contributed by atoms with Crippen molar-refractivity contribution in [2.75, 3.05) is 18.8 Å². The van der Waals surface area contributed by atoms with Gasteiger partial charge < -0.3 is 10.6 Å². The van der Waals surface area contributed by atoms with E-state index in [4.69, 9.17) is 0 Å². The van der Waals surface area contributed by atoms with Crippen molar-refractivity contribution in [3.63, 3.8) is 0 Å². The number of thioether (sulfide) groups is 1. The summed E-state index contributed by atoms with van der Waals surface area (Å²) < 4.78 is 35.7. The summed E-state index contributed by atoms with van der Waals surface area (Å²) in [5.41, 5.74) is -2.29. The Labute approximate surface area is 111 Å². The van der Waals surface area contributed by atoms with Crippen LogP contribution in [0.5, 0.6) is 0 Å². The lowest BCUT2D eigenvalue weighted by molar-refractivity contribution is -0.0327. The molecule has 2 heterocycles. The topological polar surface area (TPSA) is 69.8 Å². The summed E-state index contributed by atoms with van der Waals surface area (Å²) in [6, 6.07) is 0. The van der Waals surface area contributed by atoms with E-state index >= 15 is 0 Å². The molecule has 0 bridgehead atoms. The lowest BCUT2D eigenvalue weighted by atomic mass is 10.1. The Kier molecular flexibility index (Phi) is 4.35. The zero-order chi connectivity index (χ0) is 13.9. The fourth-order valence-electron chi connectivity index (χ4n) is 1.83. The molecule has 0 saturated carbocycles. The van der Waals surface area contributed by atoms with Crippen LogP contribution in [0.3, 0.4) is 0 Å². The van der Waals surface area contributed by atoms with E-state index in [1.165, 1.54) is 0 Å². The quantitative estimate of drug-likeness (QED) is 0.726. The molecule has 0 radical (unpaired) electrons. The van der Waals surface area contributed by atoms with Crippen LogP contribution in [-0.2, 0) is 13.0 Å². The molecule has 9 heteroatoms. The number of carbonyl (C=O) groups excluding carboxylic acids is 1. The molecule has 5 nitrogen and oxygen atoms in total. The molecule has 1 aliphatic rings. The first-order chi connectivity index (χ1) is 8.97. The van der Waals surface area contributed by atoms with Crippen LogP contribution in [0.15, 0.2) is 0 Å². The van der Waals surface area contributed by atoms with Crippen LogP contribution in [0.25, 0.3) is 0 Å². The third-order valence-electron chi connectivity index (χ3n) is 2.67. The number of nitrogens with zero attached hydrogens (tertiary/aromatic N) is 1. The highest BCUT2D eigenvalue weighted by atomic mass is 32.2. The van der Waals surface area contributed by atoms with Crippen molar-refractivity contribution in [1.82, 2.24) is 20.8 Å². The van der Waals surface area contributed by atoms with Crippen LogP contribution in [-0.4, -0.2) is 40.5 Å². The molecule has 2 rings (SSSR count). The standard InChI is InChI=1S/C10H13F3N4OS/c11-10(12,13)19-4-3-15-9(18)8-6-5-14-2-1-7(6)16-17-8/h14H,1-5H2,(H,15,18)(H,16,17). The number of halogens is 3. The minimum Gasteiger partial charge on any atom is -0.350 e. The molecular formula is C10H13F3N4OS. The zero-order valence-corrected chi connectivity index (χ0v) is 10.7. The summed E-state index contributed by atoms with van der Waals surface area (Å²) >= 11 is -0.154. The monoisotopic (exact) mass is 294 g/mol. The summed E-state index contributed by atoms with van der Waals surface area (Å²) in [7, 11) is 0. The molecular weight excluding hydrogens is 281 g/mol. The first-order valence-corrected chi connectivity index (χ1v) is 6.71. The van der Waals surface area contributed by atoms with Crippen LogP contribution in [0.1, 0.15) is 21.7 Å². The Hall–Kier alpha value is -1.22. The molecule has 0 aromatic carbocycles. The molecule has 1 aliphatic heterocycles. The lowest BCUT2D eigenvalue weighted by Gasteiger charge is -2.12. The van der Waals surface area contributed by atoms with Gasteiger partial charge in [0.15, 0.2) is 5.69 Å². The van der Waals surface area contributed by atoms with E-state index in [0.29, 0.717) is 6.54 Å². The molecule has 19 heavy (non-hydrogen) atoms. The molecule has 0 unspecified atom stereocenters. The second-order valence-corrected chi connectivity index (χ2v) is 5.17. The number of amides is 1. The smallest absolute Gasteiger partial charge is 0.350 e. The van der Waals surface area contributed by atoms with Gasteiger partial charge in [0.2, 0.25) is 0 Å². The van der Waals surface area contributed by atoms with Crippen molar-refractivity contribution >= 4 is 17.7 Å². The number of alkyl halides is 3. The Morgan fingerprint density at radius 3 is 3.00 bits per heavy atom. The Morgan fingerprint density at radius 1 is 1.47 bits per heavy atom. The largest absolute Gasteiger partial charge is 0.441 e. The summed E-state index contributed by atoms with van der Waals surface area (Å²) in [6.07, 6.45) is 0.763. The molecule has 0 aliphatic carbocycles. The normalized spacial score (nSPS) is 15.1. The highest BCUT2D eigenvalue weighted by Crippen LogP contribution is 2.29. The maximum atomic E-state index is 11.9. The fourth-order valence-corrected chi connectivity index (χ4v) is 2.26. The Bertz CT molecular complexity index is 460. The molecule has 3 N–H and O–H groups in total.